The lowest BCUT2D eigenvalue weighted by Crippen LogP contribution is -2.35. The van der Waals surface area contributed by atoms with E-state index in [2.05, 4.69) is 10.4 Å². The number of amides is 1. The number of aromatic amines is 1. The first-order valence-electron chi connectivity index (χ1n) is 8.67. The molecular weight excluding hydrogens is 362 g/mol. The normalized spacial score (nSPS) is 11.8. The van der Waals surface area contributed by atoms with Crippen molar-refractivity contribution < 1.29 is 14.3 Å². The molecule has 8 heteroatoms. The summed E-state index contributed by atoms with van der Waals surface area (Å²) < 4.78 is 5.79. The van der Waals surface area contributed by atoms with Gasteiger partial charge in [-0.25, -0.2) is 4.68 Å². The first-order chi connectivity index (χ1) is 13.5. The highest BCUT2D eigenvalue weighted by molar-refractivity contribution is 5.82. The van der Waals surface area contributed by atoms with E-state index in [4.69, 9.17) is 4.74 Å². The molecule has 1 aromatic heterocycles. The Balaban J connectivity index is 1.60. The summed E-state index contributed by atoms with van der Waals surface area (Å²) in [6.45, 7) is 0.831. The van der Waals surface area contributed by atoms with Crippen LogP contribution in [0.15, 0.2) is 64.2 Å². The van der Waals surface area contributed by atoms with E-state index in [1.807, 2.05) is 37.3 Å². The van der Waals surface area contributed by atoms with Crippen molar-refractivity contribution >= 4 is 22.6 Å². The van der Waals surface area contributed by atoms with E-state index >= 15 is 0 Å². The number of nitrogens with one attached hydrogen (secondary N) is 2. The maximum atomic E-state index is 12.4. The molecule has 1 amide bonds. The number of hydrogen-bond acceptors (Lipinski definition) is 5. The van der Waals surface area contributed by atoms with Crippen LogP contribution in [-0.4, -0.2) is 28.3 Å². The van der Waals surface area contributed by atoms with Gasteiger partial charge in [0.1, 0.15) is 6.54 Å². The van der Waals surface area contributed by atoms with Gasteiger partial charge in [0, 0.05) is 0 Å². The lowest BCUT2D eigenvalue weighted by Gasteiger charge is -2.14. The molecule has 0 bridgehead atoms. The van der Waals surface area contributed by atoms with Gasteiger partial charge in [-0.1, -0.05) is 42.5 Å². The molecule has 0 radical (unpaired) electrons. The fraction of sp³-hybridized carbons (Fsp3) is 0.200. The Bertz CT molecular complexity index is 1120. The predicted molar refractivity (Wildman–Crippen MR) is 103 cm³/mol. The van der Waals surface area contributed by atoms with Crippen LogP contribution in [0.4, 0.5) is 0 Å². The SMILES string of the molecule is C[C@H](NC(=O)COC(=O)Cn1[nH]c(=O)c2ccccc2c1=O)c1ccccc1. The Morgan fingerprint density at radius 2 is 1.68 bits per heavy atom. The Hall–Kier alpha value is -3.68. The maximum absolute atomic E-state index is 12.4. The molecule has 0 spiro atoms. The van der Waals surface area contributed by atoms with Crippen molar-refractivity contribution in [1.29, 1.82) is 0 Å². The molecule has 3 rings (SSSR count). The Morgan fingerprint density at radius 1 is 1.04 bits per heavy atom. The molecule has 0 saturated carbocycles. The molecule has 28 heavy (non-hydrogen) atoms. The Morgan fingerprint density at radius 3 is 2.39 bits per heavy atom. The Kier molecular flexibility index (Phi) is 5.69. The molecule has 144 valence electrons. The molecule has 2 aromatic carbocycles. The number of rotatable bonds is 6. The summed E-state index contributed by atoms with van der Waals surface area (Å²) >= 11 is 0. The maximum Gasteiger partial charge on any atom is 0.328 e. The Labute approximate surface area is 159 Å². The molecule has 0 fully saturated rings. The highest BCUT2D eigenvalue weighted by Crippen LogP contribution is 2.10. The fourth-order valence-electron chi connectivity index (χ4n) is 2.79. The average Bonchev–Trinajstić information content (AvgIpc) is 2.71. The van der Waals surface area contributed by atoms with Crippen molar-refractivity contribution in [3.8, 4) is 0 Å². The van der Waals surface area contributed by atoms with E-state index < -0.39 is 36.1 Å². The molecule has 2 N–H and O–H groups in total. The predicted octanol–water partition coefficient (Wildman–Crippen LogP) is 1.11. The topological polar surface area (TPSA) is 110 Å². The first-order valence-corrected chi connectivity index (χ1v) is 8.67. The second kappa shape index (κ2) is 8.34. The quantitative estimate of drug-likeness (QED) is 0.622. The molecule has 3 aromatic rings. The van der Waals surface area contributed by atoms with Crippen LogP contribution in [0.1, 0.15) is 18.5 Å². The van der Waals surface area contributed by atoms with Gasteiger partial charge in [0.25, 0.3) is 17.0 Å². The van der Waals surface area contributed by atoms with E-state index in [-0.39, 0.29) is 16.8 Å². The summed E-state index contributed by atoms with van der Waals surface area (Å²) in [5, 5.41) is 5.50. The highest BCUT2D eigenvalue weighted by Gasteiger charge is 2.14. The monoisotopic (exact) mass is 381 g/mol. The van der Waals surface area contributed by atoms with E-state index in [9.17, 15) is 19.2 Å². The second-order valence-electron chi connectivity index (χ2n) is 6.24. The fourth-order valence-corrected chi connectivity index (χ4v) is 2.79. The van der Waals surface area contributed by atoms with Gasteiger partial charge in [-0.15, -0.1) is 0 Å². The third-order valence-corrected chi connectivity index (χ3v) is 4.21. The van der Waals surface area contributed by atoms with E-state index in [1.54, 1.807) is 12.1 Å². The van der Waals surface area contributed by atoms with Crippen molar-refractivity contribution in [1.82, 2.24) is 15.1 Å². The summed E-state index contributed by atoms with van der Waals surface area (Å²) in [5.74, 6) is -1.28. The number of benzene rings is 2. The minimum absolute atomic E-state index is 0.202. The van der Waals surface area contributed by atoms with Crippen molar-refractivity contribution in [2.24, 2.45) is 0 Å². The number of ether oxygens (including phenoxy) is 1. The van der Waals surface area contributed by atoms with E-state index in [0.29, 0.717) is 0 Å². The first kappa shape index (κ1) is 19.1. The lowest BCUT2D eigenvalue weighted by molar-refractivity contribution is -0.149. The van der Waals surface area contributed by atoms with Crippen molar-refractivity contribution in [2.45, 2.75) is 19.5 Å². The number of H-pyrrole nitrogens is 1. The number of carbonyl (C=O) groups excluding carboxylic acids is 2. The third kappa shape index (κ3) is 4.35. The number of carbonyl (C=O) groups is 2. The van der Waals surface area contributed by atoms with Gasteiger partial charge in [0.2, 0.25) is 0 Å². The molecular formula is C20H19N3O5. The molecule has 8 nitrogen and oxygen atoms in total. The molecule has 0 saturated heterocycles. The van der Waals surface area contributed by atoms with E-state index in [1.165, 1.54) is 12.1 Å². The van der Waals surface area contributed by atoms with Gasteiger partial charge in [0.15, 0.2) is 6.61 Å². The number of fused-ring (bicyclic) bond motifs is 1. The molecule has 0 unspecified atom stereocenters. The summed E-state index contributed by atoms with van der Waals surface area (Å²) in [6.07, 6.45) is 0. The number of aromatic nitrogens is 2. The smallest absolute Gasteiger partial charge is 0.328 e. The van der Waals surface area contributed by atoms with Crippen molar-refractivity contribution in [2.75, 3.05) is 6.61 Å². The summed E-state index contributed by atoms with van der Waals surface area (Å²) in [6, 6.07) is 15.4. The van der Waals surface area contributed by atoms with Gasteiger partial charge in [0.05, 0.1) is 16.8 Å². The zero-order valence-corrected chi connectivity index (χ0v) is 15.2. The van der Waals surface area contributed by atoms with Gasteiger partial charge < -0.3 is 10.1 Å². The molecule has 0 aliphatic carbocycles. The molecule has 1 atom stereocenters. The summed E-state index contributed by atoms with van der Waals surface area (Å²) in [7, 11) is 0. The average molecular weight is 381 g/mol. The van der Waals surface area contributed by atoms with Crippen LogP contribution in [0, 0.1) is 0 Å². The van der Waals surface area contributed by atoms with Crippen molar-refractivity contribution in [3.63, 3.8) is 0 Å². The standard InChI is InChI=1S/C20H19N3O5/c1-13(14-7-3-2-4-8-14)21-17(24)12-28-18(25)11-23-20(27)16-10-6-5-9-15(16)19(26)22-23/h2-10,13H,11-12H2,1H3,(H,21,24)(H,22,26)/t13-/m0/s1. The van der Waals surface area contributed by atoms with Crippen LogP contribution < -0.4 is 16.4 Å². The summed E-state index contributed by atoms with van der Waals surface area (Å²) in [5.41, 5.74) is -0.0887. The zero-order chi connectivity index (χ0) is 20.1. The largest absolute Gasteiger partial charge is 0.454 e. The van der Waals surface area contributed by atoms with Crippen LogP contribution in [-0.2, 0) is 20.9 Å². The van der Waals surface area contributed by atoms with Gasteiger partial charge in [-0.3, -0.25) is 24.3 Å². The minimum atomic E-state index is -0.810. The highest BCUT2D eigenvalue weighted by atomic mass is 16.5. The number of hydrogen-bond donors (Lipinski definition) is 2. The summed E-state index contributed by atoms with van der Waals surface area (Å²) in [4.78, 5) is 48.3. The van der Waals surface area contributed by atoms with Crippen LogP contribution in [0.25, 0.3) is 10.8 Å². The van der Waals surface area contributed by atoms with Crippen LogP contribution >= 0.6 is 0 Å². The van der Waals surface area contributed by atoms with Crippen LogP contribution in [0.2, 0.25) is 0 Å². The van der Waals surface area contributed by atoms with Crippen LogP contribution in [0.3, 0.4) is 0 Å². The molecule has 1 heterocycles. The zero-order valence-electron chi connectivity index (χ0n) is 15.2. The lowest BCUT2D eigenvalue weighted by atomic mass is 10.1. The molecule has 0 aliphatic rings. The van der Waals surface area contributed by atoms with Gasteiger partial charge in [-0.2, -0.15) is 0 Å². The molecule has 0 aliphatic heterocycles. The van der Waals surface area contributed by atoms with Crippen LogP contribution in [0.5, 0.6) is 0 Å². The van der Waals surface area contributed by atoms with Gasteiger partial charge >= 0.3 is 5.97 Å². The third-order valence-electron chi connectivity index (χ3n) is 4.21. The second-order valence-corrected chi connectivity index (χ2v) is 6.24. The van der Waals surface area contributed by atoms with E-state index in [0.717, 1.165) is 10.2 Å². The number of esters is 1. The minimum Gasteiger partial charge on any atom is -0.454 e. The van der Waals surface area contributed by atoms with Crippen molar-refractivity contribution in [3.05, 3.63) is 80.9 Å². The van der Waals surface area contributed by atoms with Gasteiger partial charge in [-0.05, 0) is 24.6 Å². The number of nitrogens with zero attached hydrogens (tertiary/aromatic N) is 1.